The summed E-state index contributed by atoms with van der Waals surface area (Å²) in [6.45, 7) is 4.81. The number of carbonyl (C=O) groups is 1. The lowest BCUT2D eigenvalue weighted by molar-refractivity contribution is 0.102. The molecule has 0 aliphatic carbocycles. The van der Waals surface area contributed by atoms with E-state index in [1.165, 1.54) is 12.8 Å². The van der Waals surface area contributed by atoms with Gasteiger partial charge in [-0.1, -0.05) is 12.8 Å². The highest BCUT2D eigenvalue weighted by molar-refractivity contribution is 6.03. The monoisotopic (exact) mass is 368 g/mol. The first-order valence-electron chi connectivity index (χ1n) is 9.51. The average Bonchev–Trinajstić information content (AvgIpc) is 2.97. The highest BCUT2D eigenvalue weighted by Crippen LogP contribution is 2.32. The van der Waals surface area contributed by atoms with Gasteiger partial charge in [-0.15, -0.1) is 0 Å². The lowest BCUT2D eigenvalue weighted by Crippen LogP contribution is -2.26. The Labute approximate surface area is 158 Å². The van der Waals surface area contributed by atoms with Crippen LogP contribution in [-0.4, -0.2) is 42.2 Å². The zero-order valence-corrected chi connectivity index (χ0v) is 15.5. The number of hydrogen-bond acceptors (Lipinski definition) is 6. The van der Waals surface area contributed by atoms with Crippen LogP contribution in [0.1, 0.15) is 42.0 Å². The number of benzene rings is 1. The van der Waals surface area contributed by atoms with Crippen LogP contribution < -0.4 is 19.7 Å². The van der Waals surface area contributed by atoms with Crippen LogP contribution in [0.25, 0.3) is 0 Å². The summed E-state index contributed by atoms with van der Waals surface area (Å²) in [5.41, 5.74) is 1.02. The number of anilines is 2. The van der Waals surface area contributed by atoms with Crippen molar-refractivity contribution in [2.75, 3.05) is 36.5 Å². The third-order valence-corrected chi connectivity index (χ3v) is 4.79. The van der Waals surface area contributed by atoms with Crippen molar-refractivity contribution in [1.82, 2.24) is 9.97 Å². The van der Waals surface area contributed by atoms with Gasteiger partial charge in [-0.2, -0.15) is 0 Å². The molecule has 0 bridgehead atoms. The topological polar surface area (TPSA) is 76.6 Å². The second kappa shape index (κ2) is 7.82. The molecular weight excluding hydrogens is 344 g/mol. The molecule has 1 N–H and O–H groups in total. The Hall–Kier alpha value is -2.83. The highest BCUT2D eigenvalue weighted by atomic mass is 16.6. The van der Waals surface area contributed by atoms with Crippen LogP contribution in [0.15, 0.2) is 24.3 Å². The number of ether oxygens (including phenoxy) is 2. The number of aryl methyl sites for hydroxylation is 1. The van der Waals surface area contributed by atoms with Gasteiger partial charge in [0.1, 0.15) is 30.5 Å². The number of rotatable bonds is 3. The number of aromatic nitrogens is 2. The standard InChI is InChI=1S/C20H24N4O3/c1-14-21-16(13-19(22-14)24-8-4-2-3-5-9-24)20(25)23-15-6-7-17-18(12-15)27-11-10-26-17/h6-7,12-13H,2-5,8-11H2,1H3,(H,23,25). The molecule has 2 aromatic rings. The molecule has 0 spiro atoms. The summed E-state index contributed by atoms with van der Waals surface area (Å²) in [6.07, 6.45) is 4.81. The van der Waals surface area contributed by atoms with E-state index < -0.39 is 0 Å². The van der Waals surface area contributed by atoms with E-state index in [1.807, 2.05) is 6.92 Å². The van der Waals surface area contributed by atoms with Crippen molar-refractivity contribution in [3.63, 3.8) is 0 Å². The van der Waals surface area contributed by atoms with Gasteiger partial charge < -0.3 is 19.7 Å². The van der Waals surface area contributed by atoms with Crippen molar-refractivity contribution >= 4 is 17.4 Å². The average molecular weight is 368 g/mol. The summed E-state index contributed by atoms with van der Waals surface area (Å²) in [5.74, 6) is 2.51. The fourth-order valence-corrected chi connectivity index (χ4v) is 3.45. The van der Waals surface area contributed by atoms with E-state index in [4.69, 9.17) is 9.47 Å². The number of fused-ring (bicyclic) bond motifs is 1. The second-order valence-electron chi connectivity index (χ2n) is 6.87. The van der Waals surface area contributed by atoms with Gasteiger partial charge in [-0.25, -0.2) is 9.97 Å². The van der Waals surface area contributed by atoms with E-state index in [2.05, 4.69) is 20.2 Å². The van der Waals surface area contributed by atoms with E-state index in [0.717, 1.165) is 31.7 Å². The summed E-state index contributed by atoms with van der Waals surface area (Å²) in [7, 11) is 0. The van der Waals surface area contributed by atoms with Crippen LogP contribution in [0.4, 0.5) is 11.5 Å². The van der Waals surface area contributed by atoms with Crippen LogP contribution in [-0.2, 0) is 0 Å². The van der Waals surface area contributed by atoms with Gasteiger partial charge in [0.25, 0.3) is 5.91 Å². The first kappa shape index (κ1) is 17.6. The van der Waals surface area contributed by atoms with Crippen molar-refractivity contribution in [3.8, 4) is 11.5 Å². The molecule has 2 aliphatic rings. The van der Waals surface area contributed by atoms with Crippen molar-refractivity contribution in [2.45, 2.75) is 32.6 Å². The van der Waals surface area contributed by atoms with E-state index in [-0.39, 0.29) is 5.91 Å². The minimum Gasteiger partial charge on any atom is -0.486 e. The number of amides is 1. The molecule has 142 valence electrons. The quantitative estimate of drug-likeness (QED) is 0.897. The fourth-order valence-electron chi connectivity index (χ4n) is 3.45. The lowest BCUT2D eigenvalue weighted by atomic mass is 10.2. The van der Waals surface area contributed by atoms with Gasteiger partial charge in [0.15, 0.2) is 11.5 Å². The van der Waals surface area contributed by atoms with E-state index in [0.29, 0.717) is 41.9 Å². The maximum atomic E-state index is 12.7. The Bertz CT molecular complexity index is 832. The molecule has 1 aromatic heterocycles. The maximum absolute atomic E-state index is 12.7. The van der Waals surface area contributed by atoms with Crippen LogP contribution in [0.5, 0.6) is 11.5 Å². The molecule has 1 fully saturated rings. The van der Waals surface area contributed by atoms with E-state index >= 15 is 0 Å². The molecule has 0 atom stereocenters. The van der Waals surface area contributed by atoms with Gasteiger partial charge in [0.2, 0.25) is 0 Å². The van der Waals surface area contributed by atoms with Crippen molar-refractivity contribution in [3.05, 3.63) is 35.8 Å². The first-order chi connectivity index (χ1) is 13.2. The summed E-state index contributed by atoms with van der Waals surface area (Å²) in [5, 5.41) is 2.89. The number of nitrogens with zero attached hydrogens (tertiary/aromatic N) is 3. The largest absolute Gasteiger partial charge is 0.486 e. The zero-order valence-electron chi connectivity index (χ0n) is 15.5. The summed E-state index contributed by atoms with van der Waals surface area (Å²) >= 11 is 0. The minimum absolute atomic E-state index is 0.256. The fraction of sp³-hybridized carbons (Fsp3) is 0.450. The molecule has 1 aromatic carbocycles. The molecule has 7 heteroatoms. The SMILES string of the molecule is Cc1nc(C(=O)Nc2ccc3c(c2)OCCO3)cc(N2CCCCCC2)n1. The van der Waals surface area contributed by atoms with Crippen molar-refractivity contribution in [2.24, 2.45) is 0 Å². The molecule has 2 aliphatic heterocycles. The molecule has 0 saturated carbocycles. The number of nitrogens with one attached hydrogen (secondary N) is 1. The van der Waals surface area contributed by atoms with Gasteiger partial charge in [0.05, 0.1) is 0 Å². The summed E-state index contributed by atoms with van der Waals surface area (Å²) < 4.78 is 11.1. The molecule has 1 amide bonds. The predicted molar refractivity (Wildman–Crippen MR) is 103 cm³/mol. The molecule has 3 heterocycles. The Morgan fingerprint density at radius 2 is 1.74 bits per heavy atom. The second-order valence-corrected chi connectivity index (χ2v) is 6.87. The van der Waals surface area contributed by atoms with E-state index in [1.54, 1.807) is 24.3 Å². The Balaban J connectivity index is 1.53. The maximum Gasteiger partial charge on any atom is 0.274 e. The van der Waals surface area contributed by atoms with Gasteiger partial charge in [-0.05, 0) is 31.9 Å². The third kappa shape index (κ3) is 4.13. The van der Waals surface area contributed by atoms with Gasteiger partial charge in [0, 0.05) is 30.9 Å². The predicted octanol–water partition coefficient (Wildman–Crippen LogP) is 3.19. The number of carbonyl (C=O) groups excluding carboxylic acids is 1. The minimum atomic E-state index is -0.256. The highest BCUT2D eigenvalue weighted by Gasteiger charge is 2.17. The lowest BCUT2D eigenvalue weighted by Gasteiger charge is -2.22. The Morgan fingerprint density at radius 1 is 1.00 bits per heavy atom. The molecule has 27 heavy (non-hydrogen) atoms. The van der Waals surface area contributed by atoms with Crippen LogP contribution in [0.3, 0.4) is 0 Å². The molecule has 0 unspecified atom stereocenters. The molecule has 0 radical (unpaired) electrons. The molecule has 4 rings (SSSR count). The third-order valence-electron chi connectivity index (χ3n) is 4.79. The van der Waals surface area contributed by atoms with Crippen molar-refractivity contribution in [1.29, 1.82) is 0 Å². The Kier molecular flexibility index (Phi) is 5.09. The van der Waals surface area contributed by atoms with E-state index in [9.17, 15) is 4.79 Å². The molecule has 1 saturated heterocycles. The summed E-state index contributed by atoms with van der Waals surface area (Å²) in [4.78, 5) is 23.9. The molecular formula is C20H24N4O3. The summed E-state index contributed by atoms with van der Waals surface area (Å²) in [6, 6.07) is 7.16. The Morgan fingerprint density at radius 3 is 2.52 bits per heavy atom. The van der Waals surface area contributed by atoms with Crippen molar-refractivity contribution < 1.29 is 14.3 Å². The molecule has 7 nitrogen and oxygen atoms in total. The normalized spacial score (nSPS) is 16.6. The van der Waals surface area contributed by atoms with Gasteiger partial charge >= 0.3 is 0 Å². The van der Waals surface area contributed by atoms with Crippen LogP contribution in [0, 0.1) is 6.92 Å². The van der Waals surface area contributed by atoms with Crippen LogP contribution in [0.2, 0.25) is 0 Å². The zero-order chi connectivity index (χ0) is 18.6. The van der Waals surface area contributed by atoms with Gasteiger partial charge in [-0.3, -0.25) is 4.79 Å². The number of hydrogen-bond donors (Lipinski definition) is 1. The van der Waals surface area contributed by atoms with Crippen LogP contribution >= 0.6 is 0 Å². The smallest absolute Gasteiger partial charge is 0.274 e. The first-order valence-corrected chi connectivity index (χ1v) is 9.51.